The van der Waals surface area contributed by atoms with Crippen LogP contribution in [0.4, 0.5) is 5.69 Å². The fourth-order valence-corrected chi connectivity index (χ4v) is 2.84. The van der Waals surface area contributed by atoms with E-state index in [9.17, 15) is 0 Å². The maximum Gasteiger partial charge on any atom is 0.143 e. The highest BCUT2D eigenvalue weighted by molar-refractivity contribution is 5.94. The van der Waals surface area contributed by atoms with Crippen LogP contribution in [0.1, 0.15) is 25.0 Å². The number of methoxy groups -OCH3 is 2. The van der Waals surface area contributed by atoms with Gasteiger partial charge < -0.3 is 19.5 Å². The summed E-state index contributed by atoms with van der Waals surface area (Å²) in [5.41, 5.74) is 4.37. The molecule has 1 heterocycles. The zero-order chi connectivity index (χ0) is 17.1. The van der Waals surface area contributed by atoms with E-state index in [1.807, 2.05) is 38.1 Å². The highest BCUT2D eigenvalue weighted by Crippen LogP contribution is 2.41. The van der Waals surface area contributed by atoms with Crippen LogP contribution >= 0.6 is 0 Å². The molecule has 0 amide bonds. The zero-order valence-electron chi connectivity index (χ0n) is 14.6. The topological polar surface area (TPSA) is 39.7 Å². The van der Waals surface area contributed by atoms with Crippen LogP contribution in [0.2, 0.25) is 0 Å². The molecule has 3 rings (SSSR count). The third-order valence-corrected chi connectivity index (χ3v) is 3.98. The zero-order valence-corrected chi connectivity index (χ0v) is 14.6. The van der Waals surface area contributed by atoms with Gasteiger partial charge in [-0.05, 0) is 55.3 Å². The van der Waals surface area contributed by atoms with Gasteiger partial charge in [-0.25, -0.2) is 0 Å². The first kappa shape index (κ1) is 16.2. The lowest BCUT2D eigenvalue weighted by Gasteiger charge is -2.24. The summed E-state index contributed by atoms with van der Waals surface area (Å²) in [7, 11) is 3.36. The molecular weight excluding hydrogens is 302 g/mol. The van der Waals surface area contributed by atoms with Crippen LogP contribution < -0.4 is 19.5 Å². The molecule has 1 aliphatic heterocycles. The van der Waals surface area contributed by atoms with Crippen LogP contribution in [0.15, 0.2) is 36.4 Å². The van der Waals surface area contributed by atoms with E-state index in [-0.39, 0.29) is 6.10 Å². The average Bonchev–Trinajstić information content (AvgIpc) is 2.61. The predicted octanol–water partition coefficient (Wildman–Crippen LogP) is 4.46. The van der Waals surface area contributed by atoms with Gasteiger partial charge in [-0.1, -0.05) is 12.1 Å². The lowest BCUT2D eigenvalue weighted by atomic mass is 9.97. The van der Waals surface area contributed by atoms with Gasteiger partial charge in [-0.3, -0.25) is 0 Å². The van der Waals surface area contributed by atoms with Crippen molar-refractivity contribution in [1.29, 1.82) is 0 Å². The monoisotopic (exact) mass is 325 g/mol. The predicted molar refractivity (Wildman–Crippen MR) is 98.1 cm³/mol. The minimum Gasteiger partial charge on any atom is -0.497 e. The third-order valence-electron chi connectivity index (χ3n) is 3.98. The van der Waals surface area contributed by atoms with Crippen LogP contribution in [0, 0.1) is 0 Å². The van der Waals surface area contributed by atoms with Crippen LogP contribution in [0.3, 0.4) is 0 Å². The first-order valence-electron chi connectivity index (χ1n) is 8.09. The Balaban J connectivity index is 2.02. The number of fused-ring (bicyclic) bond motifs is 1. The SMILES string of the molecule is COc1ccc(C2=Cc3c(OC)ccc(OC(C)C)c3NC2)cc1. The molecule has 1 aliphatic rings. The second-order valence-corrected chi connectivity index (χ2v) is 5.97. The minimum atomic E-state index is 0.122. The molecule has 0 atom stereocenters. The van der Waals surface area contributed by atoms with Crippen LogP contribution in [-0.4, -0.2) is 26.9 Å². The Kier molecular flexibility index (Phi) is 4.65. The van der Waals surface area contributed by atoms with Gasteiger partial charge in [0, 0.05) is 12.1 Å². The summed E-state index contributed by atoms with van der Waals surface area (Å²) in [5.74, 6) is 2.54. The highest BCUT2D eigenvalue weighted by Gasteiger charge is 2.20. The van der Waals surface area contributed by atoms with Crippen molar-refractivity contribution in [1.82, 2.24) is 0 Å². The van der Waals surface area contributed by atoms with Crippen molar-refractivity contribution in [2.75, 3.05) is 26.1 Å². The van der Waals surface area contributed by atoms with Crippen LogP contribution in [0.5, 0.6) is 17.2 Å². The first-order valence-corrected chi connectivity index (χ1v) is 8.09. The van der Waals surface area contributed by atoms with E-state index >= 15 is 0 Å². The van der Waals surface area contributed by atoms with Gasteiger partial charge in [-0.15, -0.1) is 0 Å². The molecule has 0 bridgehead atoms. The third kappa shape index (κ3) is 3.18. The molecule has 4 nitrogen and oxygen atoms in total. The molecule has 0 saturated heterocycles. The molecular formula is C20H23NO3. The number of anilines is 1. The Labute approximate surface area is 143 Å². The van der Waals surface area contributed by atoms with Crippen molar-refractivity contribution in [2.45, 2.75) is 20.0 Å². The van der Waals surface area contributed by atoms with Gasteiger partial charge in [-0.2, -0.15) is 0 Å². The Morgan fingerprint density at radius 3 is 2.25 bits per heavy atom. The van der Waals surface area contributed by atoms with E-state index in [4.69, 9.17) is 14.2 Å². The Hall–Kier alpha value is -2.62. The number of ether oxygens (including phenoxy) is 3. The van der Waals surface area contributed by atoms with Gasteiger partial charge >= 0.3 is 0 Å². The molecule has 0 saturated carbocycles. The van der Waals surface area contributed by atoms with Gasteiger partial charge in [0.2, 0.25) is 0 Å². The van der Waals surface area contributed by atoms with E-state index in [1.165, 1.54) is 5.57 Å². The molecule has 1 N–H and O–H groups in total. The fourth-order valence-electron chi connectivity index (χ4n) is 2.84. The lowest BCUT2D eigenvalue weighted by Crippen LogP contribution is -2.14. The number of rotatable bonds is 5. The quantitative estimate of drug-likeness (QED) is 0.881. The molecule has 0 radical (unpaired) electrons. The van der Waals surface area contributed by atoms with Gasteiger partial charge in [0.05, 0.1) is 26.0 Å². The summed E-state index contributed by atoms with van der Waals surface area (Å²) < 4.78 is 16.7. The van der Waals surface area contributed by atoms with Crippen molar-refractivity contribution in [3.8, 4) is 17.2 Å². The van der Waals surface area contributed by atoms with Gasteiger partial charge in [0.1, 0.15) is 17.2 Å². The van der Waals surface area contributed by atoms with Crippen molar-refractivity contribution in [3.05, 3.63) is 47.5 Å². The van der Waals surface area contributed by atoms with Crippen molar-refractivity contribution < 1.29 is 14.2 Å². The summed E-state index contributed by atoms with van der Waals surface area (Å²) >= 11 is 0. The normalized spacial score (nSPS) is 13.0. The molecule has 2 aromatic carbocycles. The van der Waals surface area contributed by atoms with Crippen molar-refractivity contribution >= 4 is 17.3 Å². The largest absolute Gasteiger partial charge is 0.497 e. The van der Waals surface area contributed by atoms with Crippen LogP contribution in [0.25, 0.3) is 11.6 Å². The lowest BCUT2D eigenvalue weighted by molar-refractivity contribution is 0.243. The molecule has 0 aliphatic carbocycles. The number of nitrogens with one attached hydrogen (secondary N) is 1. The number of benzene rings is 2. The summed E-state index contributed by atoms with van der Waals surface area (Å²) in [5, 5.41) is 3.48. The summed E-state index contributed by atoms with van der Waals surface area (Å²) in [6.45, 7) is 4.79. The smallest absolute Gasteiger partial charge is 0.143 e. The second kappa shape index (κ2) is 6.87. The highest BCUT2D eigenvalue weighted by atomic mass is 16.5. The van der Waals surface area contributed by atoms with Crippen molar-refractivity contribution in [2.24, 2.45) is 0 Å². The van der Waals surface area contributed by atoms with E-state index in [1.54, 1.807) is 14.2 Å². The first-order chi connectivity index (χ1) is 11.6. The standard InChI is InChI=1S/C20H23NO3/c1-13(2)24-19-10-9-18(23-4)17-11-15(12-21-20(17)19)14-5-7-16(22-3)8-6-14/h5-11,13,21H,12H2,1-4H3. The summed E-state index contributed by atoms with van der Waals surface area (Å²) in [4.78, 5) is 0. The molecule has 0 aromatic heterocycles. The Morgan fingerprint density at radius 1 is 0.917 bits per heavy atom. The average molecular weight is 325 g/mol. The van der Waals surface area contributed by atoms with Gasteiger partial charge in [0.15, 0.2) is 0 Å². The van der Waals surface area contributed by atoms with E-state index in [0.29, 0.717) is 0 Å². The Morgan fingerprint density at radius 2 is 1.62 bits per heavy atom. The molecule has 4 heteroatoms. The minimum absolute atomic E-state index is 0.122. The van der Waals surface area contributed by atoms with E-state index in [2.05, 4.69) is 23.5 Å². The summed E-state index contributed by atoms with van der Waals surface area (Å²) in [6, 6.07) is 12.0. The molecule has 24 heavy (non-hydrogen) atoms. The molecule has 0 unspecified atom stereocenters. The number of hydrogen-bond donors (Lipinski definition) is 1. The molecule has 0 spiro atoms. The molecule has 2 aromatic rings. The number of hydrogen-bond acceptors (Lipinski definition) is 4. The molecule has 126 valence electrons. The van der Waals surface area contributed by atoms with Gasteiger partial charge in [0.25, 0.3) is 0 Å². The van der Waals surface area contributed by atoms with Crippen molar-refractivity contribution in [3.63, 3.8) is 0 Å². The second-order valence-electron chi connectivity index (χ2n) is 5.97. The van der Waals surface area contributed by atoms with E-state index in [0.717, 1.165) is 40.6 Å². The fraction of sp³-hybridized carbons (Fsp3) is 0.300. The maximum absolute atomic E-state index is 5.92. The maximum atomic E-state index is 5.92. The van der Waals surface area contributed by atoms with E-state index < -0.39 is 0 Å². The summed E-state index contributed by atoms with van der Waals surface area (Å²) in [6.07, 6.45) is 2.29. The Bertz CT molecular complexity index is 748. The molecule has 0 fully saturated rings. The van der Waals surface area contributed by atoms with Crippen LogP contribution in [-0.2, 0) is 0 Å².